The summed E-state index contributed by atoms with van der Waals surface area (Å²) in [5, 5.41) is 0. The van der Waals surface area contributed by atoms with Crippen LogP contribution >= 0.6 is 0 Å². The summed E-state index contributed by atoms with van der Waals surface area (Å²) in [6, 6.07) is 3.50. The van der Waals surface area contributed by atoms with Crippen LogP contribution in [0.1, 0.15) is 19.3 Å². The fourth-order valence-corrected chi connectivity index (χ4v) is 4.79. The van der Waals surface area contributed by atoms with E-state index in [-0.39, 0.29) is 10.9 Å². The van der Waals surface area contributed by atoms with Crippen molar-refractivity contribution in [1.29, 1.82) is 0 Å². The second kappa shape index (κ2) is 4.85. The Morgan fingerprint density at radius 3 is 2.79 bits per heavy atom. The highest BCUT2D eigenvalue weighted by atomic mass is 32.2. The average molecular weight is 281 g/mol. The van der Waals surface area contributed by atoms with Gasteiger partial charge in [-0.15, -0.1) is 0 Å². The molecule has 1 saturated heterocycles. The van der Waals surface area contributed by atoms with Crippen LogP contribution < -0.4 is 5.73 Å². The van der Waals surface area contributed by atoms with E-state index in [1.165, 1.54) is 6.20 Å². The highest BCUT2D eigenvalue weighted by Gasteiger charge is 2.41. The van der Waals surface area contributed by atoms with Crippen molar-refractivity contribution in [3.63, 3.8) is 0 Å². The van der Waals surface area contributed by atoms with Gasteiger partial charge in [0, 0.05) is 31.5 Å². The quantitative estimate of drug-likeness (QED) is 0.871. The minimum Gasteiger partial charge on any atom is -0.328 e. The minimum atomic E-state index is -3.38. The van der Waals surface area contributed by atoms with Crippen LogP contribution in [-0.4, -0.2) is 36.8 Å². The minimum absolute atomic E-state index is 0.238. The Morgan fingerprint density at radius 1 is 1.26 bits per heavy atom. The summed E-state index contributed by atoms with van der Waals surface area (Å²) in [4.78, 5) is 4.19. The van der Waals surface area contributed by atoms with Crippen molar-refractivity contribution in [1.82, 2.24) is 9.29 Å². The van der Waals surface area contributed by atoms with Crippen LogP contribution in [-0.2, 0) is 10.0 Å². The number of fused-ring (bicyclic) bond motifs is 1. The van der Waals surface area contributed by atoms with Gasteiger partial charge in [-0.25, -0.2) is 8.42 Å². The molecule has 2 N–H and O–H groups in total. The van der Waals surface area contributed by atoms with Gasteiger partial charge in [-0.05, 0) is 43.2 Å². The smallest absolute Gasteiger partial charge is 0.244 e. The standard InChI is InChI=1S/C13H19N3O2S/c14-12-4-3-10-8-16(9-11(10)6-12)19(17,18)13-2-1-5-15-7-13/h1-2,5,7,10-12H,3-4,6,8-9,14H2/t10-,11+,12?/m1/s1. The Balaban J connectivity index is 1.81. The number of pyridine rings is 1. The van der Waals surface area contributed by atoms with Gasteiger partial charge >= 0.3 is 0 Å². The average Bonchev–Trinajstić information content (AvgIpc) is 2.83. The van der Waals surface area contributed by atoms with Crippen molar-refractivity contribution < 1.29 is 8.42 Å². The van der Waals surface area contributed by atoms with Gasteiger partial charge in [0.15, 0.2) is 0 Å². The van der Waals surface area contributed by atoms with Crippen LogP contribution in [0.25, 0.3) is 0 Å². The highest BCUT2D eigenvalue weighted by Crippen LogP contribution is 2.37. The van der Waals surface area contributed by atoms with Crippen LogP contribution in [0.2, 0.25) is 0 Å². The van der Waals surface area contributed by atoms with Gasteiger partial charge in [0.2, 0.25) is 10.0 Å². The Kier molecular flexibility index (Phi) is 3.32. The normalized spacial score (nSPS) is 32.2. The molecule has 1 aromatic rings. The first-order valence-electron chi connectivity index (χ1n) is 6.73. The molecule has 1 saturated carbocycles. The Hall–Kier alpha value is -0.980. The Labute approximate surface area is 113 Å². The lowest BCUT2D eigenvalue weighted by Crippen LogP contribution is -2.32. The number of sulfonamides is 1. The first kappa shape index (κ1) is 13.0. The molecule has 0 radical (unpaired) electrons. The zero-order valence-corrected chi connectivity index (χ0v) is 11.6. The van der Waals surface area contributed by atoms with Crippen LogP contribution in [0, 0.1) is 11.8 Å². The predicted molar refractivity (Wildman–Crippen MR) is 71.8 cm³/mol. The van der Waals surface area contributed by atoms with Crippen molar-refractivity contribution in [2.24, 2.45) is 17.6 Å². The monoisotopic (exact) mass is 281 g/mol. The van der Waals surface area contributed by atoms with Gasteiger partial charge in [0.05, 0.1) is 0 Å². The van der Waals surface area contributed by atoms with Gasteiger partial charge in [-0.2, -0.15) is 4.31 Å². The fourth-order valence-electron chi connectivity index (χ4n) is 3.27. The highest BCUT2D eigenvalue weighted by molar-refractivity contribution is 7.89. The molecule has 6 heteroatoms. The molecule has 1 aromatic heterocycles. The van der Waals surface area contributed by atoms with Gasteiger partial charge in [-0.3, -0.25) is 4.98 Å². The molecule has 5 nitrogen and oxygen atoms in total. The molecule has 1 aliphatic carbocycles. The third kappa shape index (κ3) is 2.40. The maximum Gasteiger partial charge on any atom is 0.244 e. The van der Waals surface area contributed by atoms with Crippen LogP contribution in [0.3, 0.4) is 0 Å². The summed E-state index contributed by atoms with van der Waals surface area (Å²) in [5.74, 6) is 0.904. The molecule has 0 bridgehead atoms. The molecule has 104 valence electrons. The zero-order chi connectivity index (χ0) is 13.5. The van der Waals surface area contributed by atoms with E-state index in [1.807, 2.05) is 0 Å². The zero-order valence-electron chi connectivity index (χ0n) is 10.8. The third-order valence-corrected chi connectivity index (χ3v) is 6.14. The molecule has 0 amide bonds. The lowest BCUT2D eigenvalue weighted by atomic mass is 9.79. The Bertz CT molecular complexity index is 546. The van der Waals surface area contributed by atoms with E-state index in [2.05, 4.69) is 4.98 Å². The predicted octanol–water partition coefficient (Wildman–Crippen LogP) is 0.829. The maximum atomic E-state index is 12.5. The lowest BCUT2D eigenvalue weighted by Gasteiger charge is -2.28. The molecule has 2 fully saturated rings. The van der Waals surface area contributed by atoms with E-state index in [1.54, 1.807) is 22.6 Å². The molecule has 2 heterocycles. The second-order valence-corrected chi connectivity index (χ2v) is 7.54. The summed E-state index contributed by atoms with van der Waals surface area (Å²) in [6.07, 6.45) is 6.02. The number of hydrogen-bond donors (Lipinski definition) is 1. The number of nitrogens with zero attached hydrogens (tertiary/aromatic N) is 2. The number of rotatable bonds is 2. The molecule has 0 aromatic carbocycles. The van der Waals surface area contributed by atoms with Gasteiger partial charge in [0.1, 0.15) is 4.90 Å². The molecule has 3 rings (SSSR count). The molecule has 1 aliphatic heterocycles. The second-order valence-electron chi connectivity index (χ2n) is 5.60. The number of nitrogens with two attached hydrogens (primary N) is 1. The first-order valence-corrected chi connectivity index (χ1v) is 8.17. The van der Waals surface area contributed by atoms with Gasteiger partial charge in [-0.1, -0.05) is 0 Å². The van der Waals surface area contributed by atoms with Crippen molar-refractivity contribution >= 4 is 10.0 Å². The van der Waals surface area contributed by atoms with E-state index >= 15 is 0 Å². The molecule has 2 aliphatic rings. The van der Waals surface area contributed by atoms with Gasteiger partial charge < -0.3 is 5.73 Å². The van der Waals surface area contributed by atoms with Crippen LogP contribution in [0.4, 0.5) is 0 Å². The maximum absolute atomic E-state index is 12.5. The van der Waals surface area contributed by atoms with E-state index in [0.29, 0.717) is 24.9 Å². The molecule has 3 atom stereocenters. The molecule has 1 unspecified atom stereocenters. The molecular formula is C13H19N3O2S. The van der Waals surface area contributed by atoms with E-state index < -0.39 is 10.0 Å². The van der Waals surface area contributed by atoms with Crippen LogP contribution in [0.15, 0.2) is 29.4 Å². The fraction of sp³-hybridized carbons (Fsp3) is 0.615. The summed E-state index contributed by atoms with van der Waals surface area (Å²) < 4.78 is 26.6. The Morgan fingerprint density at radius 2 is 2.05 bits per heavy atom. The van der Waals surface area contributed by atoms with Crippen molar-refractivity contribution in [3.05, 3.63) is 24.5 Å². The number of hydrogen-bond acceptors (Lipinski definition) is 4. The van der Waals surface area contributed by atoms with Crippen molar-refractivity contribution in [2.75, 3.05) is 13.1 Å². The van der Waals surface area contributed by atoms with E-state index in [0.717, 1.165) is 19.3 Å². The lowest BCUT2D eigenvalue weighted by molar-refractivity contribution is 0.271. The number of aromatic nitrogens is 1. The SMILES string of the molecule is NC1CC[C@@H]2CN(S(=O)(=O)c3cccnc3)C[C@@H]2C1. The summed E-state index contributed by atoms with van der Waals surface area (Å²) in [7, 11) is -3.38. The summed E-state index contributed by atoms with van der Waals surface area (Å²) in [5.41, 5.74) is 5.98. The third-order valence-electron chi connectivity index (χ3n) is 4.33. The largest absolute Gasteiger partial charge is 0.328 e. The molecule has 19 heavy (non-hydrogen) atoms. The van der Waals surface area contributed by atoms with Crippen LogP contribution in [0.5, 0.6) is 0 Å². The summed E-state index contributed by atoms with van der Waals surface area (Å²) >= 11 is 0. The van der Waals surface area contributed by atoms with E-state index in [4.69, 9.17) is 5.73 Å². The molecular weight excluding hydrogens is 262 g/mol. The van der Waals surface area contributed by atoms with Crippen molar-refractivity contribution in [2.45, 2.75) is 30.2 Å². The molecule has 0 spiro atoms. The van der Waals surface area contributed by atoms with E-state index in [9.17, 15) is 8.42 Å². The van der Waals surface area contributed by atoms with Gasteiger partial charge in [0.25, 0.3) is 0 Å². The van der Waals surface area contributed by atoms with Crippen molar-refractivity contribution in [3.8, 4) is 0 Å². The first-order chi connectivity index (χ1) is 9.07. The summed E-state index contributed by atoms with van der Waals surface area (Å²) in [6.45, 7) is 1.24. The topological polar surface area (TPSA) is 76.3 Å².